The molecule has 1 unspecified atom stereocenters. The standard InChI is InChI=1S/C15H27NO4/c1-5-6-7-8-9-10-15(19)20-13(11-14(17)18)12-16(2,3)4/h9-10,13H,5-8,11-12H2,1-4H3/b10-9+/i2D3. The van der Waals surface area contributed by atoms with Crippen LogP contribution in [0.4, 0.5) is 0 Å². The summed E-state index contributed by atoms with van der Waals surface area (Å²) < 4.78 is 27.0. The van der Waals surface area contributed by atoms with Gasteiger partial charge in [-0.05, 0) is 12.8 Å². The summed E-state index contributed by atoms with van der Waals surface area (Å²) in [6.45, 7) is -0.403. The molecule has 0 aliphatic rings. The van der Waals surface area contributed by atoms with E-state index >= 15 is 0 Å². The normalized spacial score (nSPS) is 16.2. The number of carboxylic acid groups (broad SMARTS) is 1. The Morgan fingerprint density at radius 1 is 1.40 bits per heavy atom. The molecule has 0 fully saturated rings. The Morgan fingerprint density at radius 3 is 2.65 bits per heavy atom. The largest absolute Gasteiger partial charge is 0.550 e. The highest BCUT2D eigenvalue weighted by atomic mass is 16.5. The van der Waals surface area contributed by atoms with Gasteiger partial charge < -0.3 is 19.1 Å². The molecule has 0 aromatic rings. The Hall–Kier alpha value is -1.36. The van der Waals surface area contributed by atoms with E-state index < -0.39 is 35.9 Å². The molecular formula is C15H27NO4. The Labute approximate surface area is 126 Å². The van der Waals surface area contributed by atoms with Gasteiger partial charge in [0.05, 0.1) is 25.2 Å². The van der Waals surface area contributed by atoms with Gasteiger partial charge in [0.1, 0.15) is 6.54 Å². The zero-order valence-electron chi connectivity index (χ0n) is 15.6. The zero-order chi connectivity index (χ0) is 18.1. The second-order valence-electron chi connectivity index (χ2n) is 5.40. The highest BCUT2D eigenvalue weighted by Crippen LogP contribution is 2.06. The molecule has 0 aliphatic carbocycles. The molecule has 0 bridgehead atoms. The first-order chi connectivity index (χ1) is 10.5. The van der Waals surface area contributed by atoms with Crippen molar-refractivity contribution in [1.82, 2.24) is 0 Å². The van der Waals surface area contributed by atoms with Crippen LogP contribution < -0.4 is 5.11 Å². The van der Waals surface area contributed by atoms with Crippen molar-refractivity contribution in [3.8, 4) is 0 Å². The molecule has 0 amide bonds. The number of hydrogen-bond donors (Lipinski definition) is 0. The summed E-state index contributed by atoms with van der Waals surface area (Å²) in [5.41, 5.74) is 0. The van der Waals surface area contributed by atoms with Crippen molar-refractivity contribution in [1.29, 1.82) is 0 Å². The summed E-state index contributed by atoms with van der Waals surface area (Å²) in [4.78, 5) is 22.5. The number of unbranched alkanes of at least 4 members (excludes halogenated alkanes) is 3. The van der Waals surface area contributed by atoms with Crippen molar-refractivity contribution in [2.75, 3.05) is 27.6 Å². The molecule has 116 valence electrons. The summed E-state index contributed by atoms with van der Waals surface area (Å²) in [7, 11) is 2.87. The second kappa shape index (κ2) is 9.53. The number of quaternary nitrogens is 1. The zero-order valence-corrected chi connectivity index (χ0v) is 12.6. The van der Waals surface area contributed by atoms with E-state index in [9.17, 15) is 14.7 Å². The lowest BCUT2D eigenvalue weighted by Crippen LogP contribution is -2.45. The van der Waals surface area contributed by atoms with Crippen molar-refractivity contribution in [3.63, 3.8) is 0 Å². The van der Waals surface area contributed by atoms with Crippen LogP contribution in [0.25, 0.3) is 0 Å². The number of carboxylic acids is 1. The lowest BCUT2D eigenvalue weighted by Gasteiger charge is -2.29. The summed E-state index contributed by atoms with van der Waals surface area (Å²) in [5, 5.41) is 10.8. The molecule has 0 aliphatic heterocycles. The average Bonchev–Trinajstić information content (AvgIpc) is 2.35. The molecule has 0 spiro atoms. The molecule has 0 aromatic heterocycles. The summed E-state index contributed by atoms with van der Waals surface area (Å²) in [6, 6.07) is 0. The molecular weight excluding hydrogens is 258 g/mol. The quantitative estimate of drug-likeness (QED) is 0.259. The van der Waals surface area contributed by atoms with Crippen LogP contribution in [0.3, 0.4) is 0 Å². The van der Waals surface area contributed by atoms with E-state index in [2.05, 4.69) is 6.92 Å². The molecule has 0 saturated carbocycles. The Balaban J connectivity index is 4.68. The highest BCUT2D eigenvalue weighted by Gasteiger charge is 2.21. The summed E-state index contributed by atoms with van der Waals surface area (Å²) >= 11 is 0. The number of hydrogen-bond acceptors (Lipinski definition) is 4. The van der Waals surface area contributed by atoms with E-state index in [0.717, 1.165) is 25.7 Å². The predicted octanol–water partition coefficient (Wildman–Crippen LogP) is 0.881. The smallest absolute Gasteiger partial charge is 0.330 e. The first kappa shape index (κ1) is 13.6. The van der Waals surface area contributed by atoms with Crippen molar-refractivity contribution < 1.29 is 28.0 Å². The van der Waals surface area contributed by atoms with Crippen molar-refractivity contribution in [2.45, 2.75) is 45.1 Å². The Kier molecular flexibility index (Phi) is 6.49. The Morgan fingerprint density at radius 2 is 2.10 bits per heavy atom. The number of likely N-dealkylation sites (N-methyl/N-ethyl adjacent to an activating group) is 1. The van der Waals surface area contributed by atoms with Gasteiger partial charge in [-0.15, -0.1) is 0 Å². The van der Waals surface area contributed by atoms with Crippen LogP contribution in [0, 0.1) is 0 Å². The number of rotatable bonds is 10. The predicted molar refractivity (Wildman–Crippen MR) is 75.7 cm³/mol. The van der Waals surface area contributed by atoms with Gasteiger partial charge in [0.2, 0.25) is 0 Å². The summed E-state index contributed by atoms with van der Waals surface area (Å²) in [6.07, 6.45) is 5.20. The van der Waals surface area contributed by atoms with E-state index in [4.69, 9.17) is 8.85 Å². The van der Waals surface area contributed by atoms with Crippen molar-refractivity contribution in [2.24, 2.45) is 0 Å². The van der Waals surface area contributed by atoms with Crippen LogP contribution in [0.5, 0.6) is 0 Å². The second-order valence-corrected chi connectivity index (χ2v) is 5.40. The van der Waals surface area contributed by atoms with Gasteiger partial charge in [-0.1, -0.05) is 25.8 Å². The van der Waals surface area contributed by atoms with Crippen LogP contribution in [-0.2, 0) is 14.3 Å². The molecule has 5 nitrogen and oxygen atoms in total. The van der Waals surface area contributed by atoms with Crippen LogP contribution in [0.1, 0.15) is 43.1 Å². The number of esters is 1. The SMILES string of the molecule is [2H]C([2H])([2H])[N+](C)(C)CC(CC(=O)[O-])OC(=O)/C=C/CCCCC. The van der Waals surface area contributed by atoms with Crippen LogP contribution in [0.15, 0.2) is 12.2 Å². The minimum Gasteiger partial charge on any atom is -0.550 e. The maximum Gasteiger partial charge on any atom is 0.330 e. The van der Waals surface area contributed by atoms with E-state index in [1.807, 2.05) is 0 Å². The molecule has 1 atom stereocenters. The van der Waals surface area contributed by atoms with Crippen LogP contribution in [0.2, 0.25) is 0 Å². The summed E-state index contributed by atoms with van der Waals surface area (Å²) in [5.74, 6) is -2.06. The minimum absolute atomic E-state index is 0.139. The fourth-order valence-electron chi connectivity index (χ4n) is 1.73. The van der Waals surface area contributed by atoms with Crippen LogP contribution in [-0.4, -0.2) is 50.1 Å². The number of carbonyl (C=O) groups is 2. The molecule has 0 saturated heterocycles. The van der Waals surface area contributed by atoms with Crippen molar-refractivity contribution >= 4 is 11.9 Å². The average molecular weight is 288 g/mol. The van der Waals surface area contributed by atoms with Gasteiger partial charge >= 0.3 is 5.97 Å². The molecule has 0 heterocycles. The van der Waals surface area contributed by atoms with Gasteiger partial charge in [0.25, 0.3) is 0 Å². The fourth-order valence-corrected chi connectivity index (χ4v) is 1.73. The maximum absolute atomic E-state index is 11.7. The third-order valence-electron chi connectivity index (χ3n) is 2.57. The molecule has 5 heteroatoms. The third kappa shape index (κ3) is 11.7. The Bertz CT molecular complexity index is 419. The molecule has 0 rings (SSSR count). The molecule has 0 radical (unpaired) electrons. The highest BCUT2D eigenvalue weighted by molar-refractivity contribution is 5.82. The van der Waals surface area contributed by atoms with Crippen LogP contribution >= 0.6 is 0 Å². The number of carbonyl (C=O) groups excluding carboxylic acids is 2. The van der Waals surface area contributed by atoms with E-state index in [1.165, 1.54) is 20.2 Å². The van der Waals surface area contributed by atoms with Gasteiger partial charge in [-0.2, -0.15) is 0 Å². The van der Waals surface area contributed by atoms with E-state index in [0.29, 0.717) is 0 Å². The lowest BCUT2D eigenvalue weighted by molar-refractivity contribution is -0.873. The van der Waals surface area contributed by atoms with Gasteiger partial charge in [-0.3, -0.25) is 0 Å². The molecule has 0 N–H and O–H groups in total. The lowest BCUT2D eigenvalue weighted by atomic mass is 10.2. The van der Waals surface area contributed by atoms with Gasteiger partial charge in [-0.25, -0.2) is 4.79 Å². The van der Waals surface area contributed by atoms with E-state index in [1.54, 1.807) is 6.08 Å². The monoisotopic (exact) mass is 288 g/mol. The van der Waals surface area contributed by atoms with E-state index in [-0.39, 0.29) is 6.54 Å². The fraction of sp³-hybridized carbons (Fsp3) is 0.733. The number of ether oxygens (including phenoxy) is 1. The van der Waals surface area contributed by atoms with Gasteiger partial charge in [0, 0.05) is 18.5 Å². The number of allylic oxidation sites excluding steroid dienone is 1. The topological polar surface area (TPSA) is 66.4 Å². The first-order valence-electron chi connectivity index (χ1n) is 8.39. The molecule has 20 heavy (non-hydrogen) atoms. The minimum atomic E-state index is -2.34. The van der Waals surface area contributed by atoms with Gasteiger partial charge in [0.15, 0.2) is 6.10 Å². The first-order valence-corrected chi connectivity index (χ1v) is 6.89. The molecule has 0 aromatic carbocycles. The number of aliphatic carboxylic acids is 1. The maximum atomic E-state index is 11.7. The number of nitrogens with zero attached hydrogens (tertiary/aromatic N) is 1. The third-order valence-corrected chi connectivity index (χ3v) is 2.57. The van der Waals surface area contributed by atoms with Crippen molar-refractivity contribution in [3.05, 3.63) is 12.2 Å².